The van der Waals surface area contributed by atoms with Crippen molar-refractivity contribution in [3.63, 3.8) is 0 Å². The molecule has 0 aromatic heterocycles. The molecule has 0 aliphatic carbocycles. The van der Waals surface area contributed by atoms with E-state index in [0.717, 1.165) is 11.1 Å². The molecule has 1 aromatic carbocycles. The summed E-state index contributed by atoms with van der Waals surface area (Å²) in [5.41, 5.74) is 7.33. The molecule has 0 atom stereocenters. The Morgan fingerprint density at radius 1 is 1.44 bits per heavy atom. The van der Waals surface area contributed by atoms with E-state index in [-0.39, 0.29) is 6.54 Å². The van der Waals surface area contributed by atoms with E-state index in [9.17, 15) is 8.42 Å². The Bertz CT molecular complexity index is 634. The van der Waals surface area contributed by atoms with Crippen molar-refractivity contribution >= 4 is 15.7 Å². The lowest BCUT2D eigenvalue weighted by atomic mass is 10.1. The molecule has 0 amide bonds. The molecular weight excluding hydrogens is 250 g/mol. The van der Waals surface area contributed by atoms with Gasteiger partial charge in [0.1, 0.15) is 0 Å². The first-order valence-electron chi connectivity index (χ1n) is 5.15. The van der Waals surface area contributed by atoms with Crippen LogP contribution in [0.4, 0.5) is 5.69 Å². The van der Waals surface area contributed by atoms with Gasteiger partial charge in [0.25, 0.3) is 0 Å². The smallest absolute Gasteiger partial charge is 0.246 e. The van der Waals surface area contributed by atoms with Gasteiger partial charge in [0, 0.05) is 11.3 Å². The van der Waals surface area contributed by atoms with Crippen LogP contribution in [0.2, 0.25) is 0 Å². The van der Waals surface area contributed by atoms with E-state index in [4.69, 9.17) is 11.0 Å². The number of nitriles is 1. The summed E-state index contributed by atoms with van der Waals surface area (Å²) in [6.07, 6.45) is 0. The second kappa shape index (κ2) is 6.06. The molecule has 1 rings (SSSR count). The third-order valence-corrected chi connectivity index (χ3v) is 3.14. The Labute approximate surface area is 107 Å². The number of nitrogens with one attached hydrogen (secondary N) is 1. The molecule has 94 valence electrons. The molecular formula is C12H13N3O2S. The minimum Gasteiger partial charge on any atom is -0.320 e. The molecule has 0 unspecified atom stereocenters. The highest BCUT2D eigenvalue weighted by Gasteiger charge is 2.09. The van der Waals surface area contributed by atoms with Crippen LogP contribution in [-0.2, 0) is 10.0 Å². The van der Waals surface area contributed by atoms with Crippen molar-refractivity contribution in [3.05, 3.63) is 29.3 Å². The van der Waals surface area contributed by atoms with Crippen molar-refractivity contribution in [3.8, 4) is 17.9 Å². The molecule has 18 heavy (non-hydrogen) atoms. The lowest BCUT2D eigenvalue weighted by molar-refractivity contribution is 0.604. The first-order valence-corrected chi connectivity index (χ1v) is 6.81. The van der Waals surface area contributed by atoms with Gasteiger partial charge in [-0.25, -0.2) is 8.42 Å². The van der Waals surface area contributed by atoms with E-state index < -0.39 is 15.8 Å². The van der Waals surface area contributed by atoms with Gasteiger partial charge in [0.05, 0.1) is 12.6 Å². The van der Waals surface area contributed by atoms with Crippen molar-refractivity contribution in [2.45, 2.75) is 6.92 Å². The van der Waals surface area contributed by atoms with Gasteiger partial charge in [-0.15, -0.1) is 0 Å². The van der Waals surface area contributed by atoms with Crippen molar-refractivity contribution < 1.29 is 8.42 Å². The molecule has 6 heteroatoms. The van der Waals surface area contributed by atoms with E-state index in [1.165, 1.54) is 0 Å². The van der Waals surface area contributed by atoms with E-state index in [1.807, 2.05) is 6.92 Å². The molecule has 0 heterocycles. The van der Waals surface area contributed by atoms with Crippen LogP contribution >= 0.6 is 0 Å². The number of sulfonamides is 1. The maximum atomic E-state index is 11.4. The Morgan fingerprint density at radius 2 is 2.17 bits per heavy atom. The fourth-order valence-corrected chi connectivity index (χ4v) is 2.04. The summed E-state index contributed by atoms with van der Waals surface area (Å²) in [4.78, 5) is 0. The van der Waals surface area contributed by atoms with Crippen LogP contribution in [0.25, 0.3) is 0 Å². The maximum Gasteiger partial charge on any atom is 0.246 e. The van der Waals surface area contributed by atoms with Gasteiger partial charge >= 0.3 is 0 Å². The zero-order valence-corrected chi connectivity index (χ0v) is 10.7. The molecule has 0 bridgehead atoms. The number of hydrogen-bond donors (Lipinski definition) is 2. The van der Waals surface area contributed by atoms with Gasteiger partial charge < -0.3 is 5.73 Å². The van der Waals surface area contributed by atoms with Crippen LogP contribution in [0.5, 0.6) is 0 Å². The van der Waals surface area contributed by atoms with Crippen molar-refractivity contribution in [2.24, 2.45) is 5.73 Å². The zero-order chi connectivity index (χ0) is 13.6. The fourth-order valence-electron chi connectivity index (χ4n) is 1.31. The molecule has 0 saturated heterocycles. The monoisotopic (exact) mass is 263 g/mol. The van der Waals surface area contributed by atoms with Crippen molar-refractivity contribution in [1.82, 2.24) is 0 Å². The second-order valence-corrected chi connectivity index (χ2v) is 5.28. The summed E-state index contributed by atoms with van der Waals surface area (Å²) in [5.74, 6) is 5.04. The van der Waals surface area contributed by atoms with E-state index in [0.29, 0.717) is 5.69 Å². The molecule has 0 radical (unpaired) electrons. The molecule has 3 N–H and O–H groups in total. The lowest BCUT2D eigenvalue weighted by Gasteiger charge is -2.07. The molecule has 0 aliphatic heterocycles. The Balaban J connectivity index is 2.96. The molecule has 0 fully saturated rings. The average Bonchev–Trinajstić information content (AvgIpc) is 2.27. The maximum absolute atomic E-state index is 11.4. The van der Waals surface area contributed by atoms with Gasteiger partial charge in [0.15, 0.2) is 5.75 Å². The molecule has 5 nitrogen and oxygen atoms in total. The minimum atomic E-state index is -3.60. The zero-order valence-electron chi connectivity index (χ0n) is 9.90. The number of rotatable bonds is 3. The minimum absolute atomic E-state index is 0.274. The van der Waals surface area contributed by atoms with Crippen LogP contribution in [0.3, 0.4) is 0 Å². The highest BCUT2D eigenvalue weighted by Crippen LogP contribution is 2.15. The SMILES string of the molecule is Cc1cc(NS(=O)(=O)CC#N)ccc1C#CCN. The van der Waals surface area contributed by atoms with Crippen molar-refractivity contribution in [2.75, 3.05) is 17.0 Å². The van der Waals surface area contributed by atoms with Gasteiger partial charge in [-0.05, 0) is 30.7 Å². The fraction of sp³-hybridized carbons (Fsp3) is 0.250. The van der Waals surface area contributed by atoms with Crippen molar-refractivity contribution in [1.29, 1.82) is 5.26 Å². The predicted molar refractivity (Wildman–Crippen MR) is 70.1 cm³/mol. The number of hydrogen-bond acceptors (Lipinski definition) is 4. The molecule has 0 spiro atoms. The predicted octanol–water partition coefficient (Wildman–Crippen LogP) is 0.571. The molecule has 1 aromatic rings. The average molecular weight is 263 g/mol. The van der Waals surface area contributed by atoms with Gasteiger partial charge in [0.2, 0.25) is 10.0 Å². The quantitative estimate of drug-likeness (QED) is 0.779. The third kappa shape index (κ3) is 4.10. The highest BCUT2D eigenvalue weighted by molar-refractivity contribution is 7.92. The number of nitrogens with zero attached hydrogens (tertiary/aromatic N) is 1. The summed E-state index contributed by atoms with van der Waals surface area (Å²) in [6, 6.07) is 6.57. The number of aryl methyl sites for hydroxylation is 1. The first-order chi connectivity index (χ1) is 8.48. The van der Waals surface area contributed by atoms with Gasteiger partial charge in [-0.1, -0.05) is 11.8 Å². The summed E-state index contributed by atoms with van der Waals surface area (Å²) < 4.78 is 25.1. The molecule has 0 saturated carbocycles. The lowest BCUT2D eigenvalue weighted by Crippen LogP contribution is -2.15. The standard InChI is InChI=1S/C12H13N3O2S/c1-10-9-12(15-18(16,17)8-7-14)5-4-11(10)3-2-6-13/h4-5,9,15H,6,8,13H2,1H3. The summed E-state index contributed by atoms with van der Waals surface area (Å²) in [6.45, 7) is 2.10. The Hall–Kier alpha value is -2.02. The van der Waals surface area contributed by atoms with E-state index in [1.54, 1.807) is 24.3 Å². The molecule has 0 aliphatic rings. The summed E-state index contributed by atoms with van der Waals surface area (Å²) >= 11 is 0. The Morgan fingerprint density at radius 3 is 2.72 bits per heavy atom. The normalized spacial score (nSPS) is 10.1. The van der Waals surface area contributed by atoms with Crippen LogP contribution in [0.1, 0.15) is 11.1 Å². The number of anilines is 1. The topological polar surface area (TPSA) is 96.0 Å². The largest absolute Gasteiger partial charge is 0.320 e. The van der Waals surface area contributed by atoms with Gasteiger partial charge in [-0.2, -0.15) is 5.26 Å². The summed E-state index contributed by atoms with van der Waals surface area (Å²) in [5, 5.41) is 8.38. The van der Waals surface area contributed by atoms with E-state index in [2.05, 4.69) is 16.6 Å². The third-order valence-electron chi connectivity index (χ3n) is 2.08. The van der Waals surface area contributed by atoms with Crippen LogP contribution in [0.15, 0.2) is 18.2 Å². The van der Waals surface area contributed by atoms with Crippen LogP contribution in [-0.4, -0.2) is 20.7 Å². The Kier molecular flexibility index (Phi) is 4.73. The van der Waals surface area contributed by atoms with Crippen LogP contribution in [0, 0.1) is 30.1 Å². The van der Waals surface area contributed by atoms with Crippen LogP contribution < -0.4 is 10.5 Å². The number of nitrogens with two attached hydrogens (primary N) is 1. The van der Waals surface area contributed by atoms with Gasteiger partial charge in [-0.3, -0.25) is 4.72 Å². The second-order valence-electron chi connectivity index (χ2n) is 3.55. The summed E-state index contributed by atoms with van der Waals surface area (Å²) in [7, 11) is -3.60. The first kappa shape index (κ1) is 14.0. The highest BCUT2D eigenvalue weighted by atomic mass is 32.2. The van der Waals surface area contributed by atoms with E-state index >= 15 is 0 Å². The number of benzene rings is 1.